The van der Waals surface area contributed by atoms with Crippen LogP contribution in [-0.4, -0.2) is 71.9 Å². The maximum absolute atomic E-state index is 12.5. The first-order chi connectivity index (χ1) is 10.9. The maximum Gasteiger partial charge on any atom is 0.223 e. The lowest BCUT2D eigenvalue weighted by Gasteiger charge is -2.33. The molecule has 0 radical (unpaired) electrons. The van der Waals surface area contributed by atoms with E-state index in [1.165, 1.54) is 5.56 Å². The predicted molar refractivity (Wildman–Crippen MR) is 90.5 cm³/mol. The van der Waals surface area contributed by atoms with Gasteiger partial charge in [-0.2, -0.15) is 5.10 Å². The Bertz CT molecular complexity index is 539. The zero-order valence-corrected chi connectivity index (χ0v) is 15.1. The third-order valence-electron chi connectivity index (χ3n) is 4.64. The van der Waals surface area contributed by atoms with Crippen molar-refractivity contribution in [1.82, 2.24) is 19.6 Å². The zero-order valence-electron chi connectivity index (χ0n) is 15.1. The molecule has 23 heavy (non-hydrogen) atoms. The molecule has 1 amide bonds. The summed E-state index contributed by atoms with van der Waals surface area (Å²) in [5.74, 6) is 0.228. The maximum atomic E-state index is 12.5. The fourth-order valence-electron chi connectivity index (χ4n) is 3.09. The van der Waals surface area contributed by atoms with Gasteiger partial charge in [-0.25, -0.2) is 0 Å². The summed E-state index contributed by atoms with van der Waals surface area (Å²) in [5, 5.41) is 4.42. The van der Waals surface area contributed by atoms with Crippen molar-refractivity contribution in [3.8, 4) is 0 Å². The van der Waals surface area contributed by atoms with Crippen molar-refractivity contribution in [3.05, 3.63) is 17.0 Å². The summed E-state index contributed by atoms with van der Waals surface area (Å²) in [6.07, 6.45) is 2.45. The molecule has 1 fully saturated rings. The number of hydrogen-bond donors (Lipinski definition) is 0. The fourth-order valence-corrected chi connectivity index (χ4v) is 3.09. The molecule has 1 aromatic heterocycles. The van der Waals surface area contributed by atoms with Gasteiger partial charge in [0.15, 0.2) is 0 Å². The van der Waals surface area contributed by atoms with Crippen molar-refractivity contribution in [3.63, 3.8) is 0 Å². The Kier molecular flexibility index (Phi) is 6.18. The molecule has 1 aliphatic heterocycles. The second-order valence-corrected chi connectivity index (χ2v) is 6.70. The number of hydrogen-bond acceptors (Lipinski definition) is 4. The van der Waals surface area contributed by atoms with Gasteiger partial charge < -0.3 is 14.5 Å². The van der Waals surface area contributed by atoms with Gasteiger partial charge in [0.2, 0.25) is 5.91 Å². The summed E-state index contributed by atoms with van der Waals surface area (Å²) >= 11 is 0. The first-order valence-corrected chi connectivity index (χ1v) is 8.41. The van der Waals surface area contributed by atoms with Crippen molar-refractivity contribution in [2.24, 2.45) is 7.05 Å². The number of aromatic nitrogens is 2. The lowest BCUT2D eigenvalue weighted by Crippen LogP contribution is -2.46. The zero-order chi connectivity index (χ0) is 17.0. The minimum absolute atomic E-state index is 0.164. The van der Waals surface area contributed by atoms with Crippen LogP contribution in [0, 0.1) is 13.8 Å². The van der Waals surface area contributed by atoms with Gasteiger partial charge in [0, 0.05) is 38.8 Å². The summed E-state index contributed by atoms with van der Waals surface area (Å²) in [6.45, 7) is 7.14. The third-order valence-corrected chi connectivity index (χ3v) is 4.64. The molecule has 1 saturated heterocycles. The summed E-state index contributed by atoms with van der Waals surface area (Å²) in [4.78, 5) is 16.6. The van der Waals surface area contributed by atoms with Gasteiger partial charge >= 0.3 is 0 Å². The van der Waals surface area contributed by atoms with Gasteiger partial charge in [0.1, 0.15) is 0 Å². The van der Waals surface area contributed by atoms with E-state index in [0.29, 0.717) is 19.6 Å². The Labute approximate surface area is 139 Å². The van der Waals surface area contributed by atoms with E-state index in [9.17, 15) is 4.79 Å². The highest BCUT2D eigenvalue weighted by Gasteiger charge is 2.24. The minimum Gasteiger partial charge on any atom is -0.374 e. The van der Waals surface area contributed by atoms with E-state index in [4.69, 9.17) is 4.74 Å². The fraction of sp³-hybridized carbons (Fsp3) is 0.765. The summed E-state index contributed by atoms with van der Waals surface area (Å²) in [5.41, 5.74) is 3.39. The Morgan fingerprint density at radius 2 is 2.13 bits per heavy atom. The van der Waals surface area contributed by atoms with Crippen LogP contribution >= 0.6 is 0 Å². The van der Waals surface area contributed by atoms with Gasteiger partial charge in [-0.1, -0.05) is 0 Å². The van der Waals surface area contributed by atoms with Crippen molar-refractivity contribution in [1.29, 1.82) is 0 Å². The van der Waals surface area contributed by atoms with Crippen LogP contribution in [0.3, 0.4) is 0 Å². The highest BCUT2D eigenvalue weighted by atomic mass is 16.5. The molecular weight excluding hydrogens is 292 g/mol. The topological polar surface area (TPSA) is 50.6 Å². The van der Waals surface area contributed by atoms with Gasteiger partial charge in [-0.05, 0) is 46.3 Å². The van der Waals surface area contributed by atoms with Crippen molar-refractivity contribution in [2.45, 2.75) is 39.2 Å². The SMILES string of the molecule is Cc1nn(C)c(C)c1CCC(=O)N1CCOC(CCN(C)C)C1. The van der Waals surface area contributed by atoms with E-state index < -0.39 is 0 Å². The van der Waals surface area contributed by atoms with Gasteiger partial charge in [-0.3, -0.25) is 9.48 Å². The Hall–Kier alpha value is -1.40. The summed E-state index contributed by atoms with van der Waals surface area (Å²) in [6, 6.07) is 0. The molecule has 6 heteroatoms. The molecule has 6 nitrogen and oxygen atoms in total. The quantitative estimate of drug-likeness (QED) is 0.788. The molecule has 1 aromatic rings. The third kappa shape index (κ3) is 4.78. The Morgan fingerprint density at radius 1 is 1.39 bits per heavy atom. The molecule has 130 valence electrons. The molecule has 0 aliphatic carbocycles. The van der Waals surface area contributed by atoms with Crippen molar-refractivity contribution < 1.29 is 9.53 Å². The second kappa shape index (κ2) is 7.93. The smallest absolute Gasteiger partial charge is 0.223 e. The lowest BCUT2D eigenvalue weighted by atomic mass is 10.1. The highest BCUT2D eigenvalue weighted by molar-refractivity contribution is 5.76. The molecule has 2 heterocycles. The van der Waals surface area contributed by atoms with Crippen LogP contribution in [-0.2, 0) is 23.0 Å². The van der Waals surface area contributed by atoms with E-state index in [1.807, 2.05) is 23.6 Å². The number of morpholine rings is 1. The van der Waals surface area contributed by atoms with E-state index >= 15 is 0 Å². The molecular formula is C17H30N4O2. The van der Waals surface area contributed by atoms with E-state index in [1.54, 1.807) is 0 Å². The molecule has 0 spiro atoms. The van der Waals surface area contributed by atoms with Crippen LogP contribution in [0.15, 0.2) is 0 Å². The Morgan fingerprint density at radius 3 is 2.74 bits per heavy atom. The largest absolute Gasteiger partial charge is 0.374 e. The predicted octanol–water partition coefficient (Wildman–Crippen LogP) is 1.15. The van der Waals surface area contributed by atoms with E-state index in [2.05, 4.69) is 31.0 Å². The standard InChI is InChI=1S/C17H30N4O2/c1-13-16(14(2)20(5)18-13)6-7-17(22)21-10-11-23-15(12-21)8-9-19(3)4/h15H,6-12H2,1-5H3. The molecule has 0 N–H and O–H groups in total. The average molecular weight is 322 g/mol. The highest BCUT2D eigenvalue weighted by Crippen LogP contribution is 2.16. The van der Waals surface area contributed by atoms with E-state index in [-0.39, 0.29) is 12.0 Å². The molecule has 2 rings (SSSR count). The lowest BCUT2D eigenvalue weighted by molar-refractivity contribution is -0.139. The molecule has 1 aliphatic rings. The molecule has 1 unspecified atom stereocenters. The normalized spacial score (nSPS) is 18.7. The summed E-state index contributed by atoms with van der Waals surface area (Å²) < 4.78 is 7.67. The minimum atomic E-state index is 0.164. The van der Waals surface area contributed by atoms with Crippen LogP contribution in [0.4, 0.5) is 0 Å². The van der Waals surface area contributed by atoms with E-state index in [0.717, 1.165) is 37.3 Å². The number of carbonyl (C=O) groups is 1. The average Bonchev–Trinajstić information content (AvgIpc) is 2.76. The Balaban J connectivity index is 1.85. The number of amides is 1. The first kappa shape index (κ1) is 17.9. The molecule has 0 saturated carbocycles. The number of aryl methyl sites for hydroxylation is 2. The van der Waals surface area contributed by atoms with Gasteiger partial charge in [0.05, 0.1) is 18.4 Å². The number of ether oxygens (including phenoxy) is 1. The van der Waals surface area contributed by atoms with Crippen molar-refractivity contribution in [2.75, 3.05) is 40.3 Å². The van der Waals surface area contributed by atoms with Crippen LogP contribution in [0.5, 0.6) is 0 Å². The molecule has 0 bridgehead atoms. The number of carbonyl (C=O) groups excluding carboxylic acids is 1. The van der Waals surface area contributed by atoms with Gasteiger partial charge in [-0.15, -0.1) is 0 Å². The number of nitrogens with zero attached hydrogens (tertiary/aromatic N) is 4. The van der Waals surface area contributed by atoms with Crippen LogP contribution < -0.4 is 0 Å². The van der Waals surface area contributed by atoms with Gasteiger partial charge in [0.25, 0.3) is 0 Å². The van der Waals surface area contributed by atoms with Crippen LogP contribution in [0.25, 0.3) is 0 Å². The first-order valence-electron chi connectivity index (χ1n) is 8.41. The number of rotatable bonds is 6. The molecule has 0 aromatic carbocycles. The van der Waals surface area contributed by atoms with Crippen LogP contribution in [0.1, 0.15) is 29.8 Å². The van der Waals surface area contributed by atoms with Crippen molar-refractivity contribution >= 4 is 5.91 Å². The van der Waals surface area contributed by atoms with Crippen LogP contribution in [0.2, 0.25) is 0 Å². The summed E-state index contributed by atoms with van der Waals surface area (Å²) in [7, 11) is 6.07. The monoisotopic (exact) mass is 322 g/mol. The molecule has 1 atom stereocenters. The second-order valence-electron chi connectivity index (χ2n) is 6.70.